The topological polar surface area (TPSA) is 90.7 Å². The van der Waals surface area contributed by atoms with Crippen molar-refractivity contribution in [1.82, 2.24) is 20.4 Å². The Morgan fingerprint density at radius 2 is 1.83 bits per heavy atom. The molecular weight excluding hydrogens is 294 g/mol. The van der Waals surface area contributed by atoms with Gasteiger partial charge in [-0.2, -0.15) is 0 Å². The van der Waals surface area contributed by atoms with Crippen molar-refractivity contribution in [2.75, 3.05) is 45.8 Å². The third-order valence-electron chi connectivity index (χ3n) is 4.76. The van der Waals surface area contributed by atoms with Gasteiger partial charge in [-0.25, -0.2) is 4.79 Å². The minimum atomic E-state index is -0.289. The Kier molecular flexibility index (Phi) is 7.11. The second-order valence-corrected chi connectivity index (χ2v) is 6.83. The van der Waals surface area contributed by atoms with E-state index in [1.807, 2.05) is 4.90 Å². The van der Waals surface area contributed by atoms with Crippen LogP contribution < -0.4 is 16.4 Å². The second kappa shape index (κ2) is 9.08. The molecule has 0 aromatic rings. The van der Waals surface area contributed by atoms with Crippen LogP contribution in [0.4, 0.5) is 4.79 Å². The van der Waals surface area contributed by atoms with Crippen molar-refractivity contribution in [2.24, 2.45) is 11.7 Å². The highest BCUT2D eigenvalue weighted by atomic mass is 16.2. The summed E-state index contributed by atoms with van der Waals surface area (Å²) >= 11 is 0. The Morgan fingerprint density at radius 3 is 2.48 bits per heavy atom. The molecule has 0 spiro atoms. The minimum Gasteiger partial charge on any atom is -0.369 e. The molecule has 2 saturated heterocycles. The van der Waals surface area contributed by atoms with Crippen LogP contribution in [0, 0.1) is 5.92 Å². The number of carbonyl (C=O) groups excluding carboxylic acids is 2. The summed E-state index contributed by atoms with van der Waals surface area (Å²) in [7, 11) is 0. The summed E-state index contributed by atoms with van der Waals surface area (Å²) in [6, 6.07) is 0.131. The van der Waals surface area contributed by atoms with E-state index >= 15 is 0 Å². The van der Waals surface area contributed by atoms with Gasteiger partial charge in [0, 0.05) is 32.2 Å². The quantitative estimate of drug-likeness (QED) is 0.613. The summed E-state index contributed by atoms with van der Waals surface area (Å²) in [5.41, 5.74) is 5.20. The highest BCUT2D eigenvalue weighted by Crippen LogP contribution is 2.15. The number of nitrogens with zero attached hydrogens (tertiary/aromatic N) is 2. The number of rotatable bonds is 7. The van der Waals surface area contributed by atoms with E-state index in [2.05, 4.69) is 22.5 Å². The second-order valence-electron chi connectivity index (χ2n) is 6.83. The van der Waals surface area contributed by atoms with Crippen molar-refractivity contribution in [3.05, 3.63) is 0 Å². The van der Waals surface area contributed by atoms with Gasteiger partial charge in [0.15, 0.2) is 0 Å². The van der Waals surface area contributed by atoms with E-state index in [0.717, 1.165) is 52.1 Å². The van der Waals surface area contributed by atoms with E-state index in [-0.39, 0.29) is 18.0 Å². The fourth-order valence-corrected chi connectivity index (χ4v) is 3.53. The lowest BCUT2D eigenvalue weighted by molar-refractivity contribution is -0.119. The first-order chi connectivity index (χ1) is 11.1. The Hall–Kier alpha value is -1.34. The first kappa shape index (κ1) is 18.0. The molecule has 0 bridgehead atoms. The average molecular weight is 325 g/mol. The van der Waals surface area contributed by atoms with Crippen LogP contribution in [0.15, 0.2) is 0 Å². The molecule has 7 heteroatoms. The maximum atomic E-state index is 12.0. The molecule has 0 aromatic heterocycles. The molecule has 2 rings (SSSR count). The summed E-state index contributed by atoms with van der Waals surface area (Å²) < 4.78 is 0. The number of likely N-dealkylation sites (tertiary alicyclic amines) is 2. The van der Waals surface area contributed by atoms with Crippen LogP contribution in [-0.2, 0) is 4.79 Å². The van der Waals surface area contributed by atoms with Crippen molar-refractivity contribution < 1.29 is 9.59 Å². The number of urea groups is 1. The fraction of sp³-hybridized carbons (Fsp3) is 0.875. The summed E-state index contributed by atoms with van der Waals surface area (Å²) in [5.74, 6) is 0.285. The molecule has 2 heterocycles. The Bertz CT molecular complexity index is 396. The van der Waals surface area contributed by atoms with Crippen molar-refractivity contribution in [2.45, 2.75) is 38.6 Å². The number of carbonyl (C=O) groups is 2. The Balaban J connectivity index is 1.58. The molecule has 0 aromatic carbocycles. The van der Waals surface area contributed by atoms with Gasteiger partial charge in [0.1, 0.15) is 0 Å². The molecule has 1 atom stereocenters. The molecule has 0 aliphatic carbocycles. The molecule has 0 radical (unpaired) electrons. The standard InChI is InChI=1S/C16H31N5O2/c1-2-6-20-7-3-13(11-20)10-18-16(23)19-14-4-8-21(9-5-14)12-15(17)22/h13-14H,2-12H2,1H3,(H2,17,22)(H2,18,19,23)/t13-/m1/s1. The van der Waals surface area contributed by atoms with Crippen molar-refractivity contribution in [3.63, 3.8) is 0 Å². The molecule has 2 aliphatic heterocycles. The van der Waals surface area contributed by atoms with Crippen LogP contribution in [0.2, 0.25) is 0 Å². The predicted octanol–water partition coefficient (Wildman–Crippen LogP) is -0.0328. The van der Waals surface area contributed by atoms with Crippen LogP contribution in [0.25, 0.3) is 0 Å². The van der Waals surface area contributed by atoms with E-state index in [1.54, 1.807) is 0 Å². The Labute approximate surface area is 138 Å². The number of amides is 3. The van der Waals surface area contributed by atoms with E-state index in [1.165, 1.54) is 12.8 Å². The molecule has 132 valence electrons. The largest absolute Gasteiger partial charge is 0.369 e. The fourth-order valence-electron chi connectivity index (χ4n) is 3.53. The number of nitrogens with two attached hydrogens (primary N) is 1. The molecule has 0 saturated carbocycles. The van der Waals surface area contributed by atoms with E-state index in [0.29, 0.717) is 12.5 Å². The van der Waals surface area contributed by atoms with E-state index < -0.39 is 0 Å². The van der Waals surface area contributed by atoms with Gasteiger partial charge in [0.05, 0.1) is 6.54 Å². The van der Waals surface area contributed by atoms with Gasteiger partial charge < -0.3 is 21.3 Å². The molecule has 2 fully saturated rings. The van der Waals surface area contributed by atoms with Gasteiger partial charge >= 0.3 is 6.03 Å². The van der Waals surface area contributed by atoms with Gasteiger partial charge in [0.25, 0.3) is 0 Å². The third-order valence-corrected chi connectivity index (χ3v) is 4.76. The zero-order chi connectivity index (χ0) is 16.7. The van der Waals surface area contributed by atoms with Crippen LogP contribution in [0.3, 0.4) is 0 Å². The molecule has 4 N–H and O–H groups in total. The summed E-state index contributed by atoms with van der Waals surface area (Å²) in [6.45, 7) is 8.30. The number of primary amides is 1. The predicted molar refractivity (Wildman–Crippen MR) is 90.0 cm³/mol. The molecule has 7 nitrogen and oxygen atoms in total. The number of hydrogen-bond donors (Lipinski definition) is 3. The maximum absolute atomic E-state index is 12.0. The first-order valence-corrected chi connectivity index (χ1v) is 8.84. The molecule has 0 unspecified atom stereocenters. The molecule has 23 heavy (non-hydrogen) atoms. The zero-order valence-corrected chi connectivity index (χ0v) is 14.2. The molecule has 3 amide bonds. The highest BCUT2D eigenvalue weighted by molar-refractivity contribution is 5.76. The molecular formula is C16H31N5O2. The van der Waals surface area contributed by atoms with Crippen molar-refractivity contribution in [1.29, 1.82) is 0 Å². The number of piperidine rings is 1. The lowest BCUT2D eigenvalue weighted by Crippen LogP contribution is -2.49. The summed E-state index contributed by atoms with van der Waals surface area (Å²) in [4.78, 5) is 27.4. The normalized spacial score (nSPS) is 23.8. The van der Waals surface area contributed by atoms with Crippen LogP contribution in [0.1, 0.15) is 32.6 Å². The third kappa shape index (κ3) is 6.35. The van der Waals surface area contributed by atoms with Gasteiger partial charge in [-0.1, -0.05) is 6.92 Å². The van der Waals surface area contributed by atoms with Crippen LogP contribution >= 0.6 is 0 Å². The lowest BCUT2D eigenvalue weighted by Gasteiger charge is -2.31. The average Bonchev–Trinajstić information content (AvgIpc) is 2.95. The van der Waals surface area contributed by atoms with Crippen LogP contribution in [-0.4, -0.2) is 73.6 Å². The van der Waals surface area contributed by atoms with Gasteiger partial charge in [-0.05, 0) is 44.7 Å². The van der Waals surface area contributed by atoms with Gasteiger partial charge in [-0.15, -0.1) is 0 Å². The maximum Gasteiger partial charge on any atom is 0.315 e. The van der Waals surface area contributed by atoms with E-state index in [9.17, 15) is 9.59 Å². The van der Waals surface area contributed by atoms with Crippen molar-refractivity contribution >= 4 is 11.9 Å². The first-order valence-electron chi connectivity index (χ1n) is 8.84. The zero-order valence-electron chi connectivity index (χ0n) is 14.2. The monoisotopic (exact) mass is 325 g/mol. The Morgan fingerprint density at radius 1 is 1.13 bits per heavy atom. The molecule has 2 aliphatic rings. The summed E-state index contributed by atoms with van der Waals surface area (Å²) in [5, 5.41) is 6.06. The number of hydrogen-bond acceptors (Lipinski definition) is 4. The van der Waals surface area contributed by atoms with Gasteiger partial charge in [0.2, 0.25) is 5.91 Å². The van der Waals surface area contributed by atoms with Crippen molar-refractivity contribution in [3.8, 4) is 0 Å². The lowest BCUT2D eigenvalue weighted by atomic mass is 10.1. The van der Waals surface area contributed by atoms with Crippen LogP contribution in [0.5, 0.6) is 0 Å². The van der Waals surface area contributed by atoms with Gasteiger partial charge in [-0.3, -0.25) is 9.69 Å². The number of nitrogens with one attached hydrogen (secondary N) is 2. The SMILES string of the molecule is CCCN1CC[C@H](CNC(=O)NC2CCN(CC(N)=O)CC2)C1. The summed E-state index contributed by atoms with van der Waals surface area (Å²) in [6.07, 6.45) is 4.10. The minimum absolute atomic E-state index is 0.0627. The smallest absolute Gasteiger partial charge is 0.315 e. The van der Waals surface area contributed by atoms with E-state index in [4.69, 9.17) is 5.73 Å². The highest BCUT2D eigenvalue weighted by Gasteiger charge is 2.24.